The molecule has 8 heteroatoms. The number of halogens is 2. The number of benzene rings is 2. The van der Waals surface area contributed by atoms with E-state index >= 15 is 0 Å². The van der Waals surface area contributed by atoms with E-state index in [1.807, 2.05) is 44.4 Å². The Morgan fingerprint density at radius 1 is 1.12 bits per heavy atom. The summed E-state index contributed by atoms with van der Waals surface area (Å²) in [5, 5.41) is 0.379. The third-order valence-electron chi connectivity index (χ3n) is 7.51. The third-order valence-corrected chi connectivity index (χ3v) is 7.74. The van der Waals surface area contributed by atoms with Crippen molar-refractivity contribution >= 4 is 17.9 Å². The number of aromatic nitrogens is 1. The van der Waals surface area contributed by atoms with Crippen molar-refractivity contribution in [2.24, 2.45) is 0 Å². The van der Waals surface area contributed by atoms with Crippen LogP contribution in [0.3, 0.4) is 0 Å². The molecule has 3 heterocycles. The van der Waals surface area contributed by atoms with Crippen LogP contribution in [0.2, 0.25) is 5.02 Å². The molecule has 0 amide bonds. The summed E-state index contributed by atoms with van der Waals surface area (Å²) >= 11 is 5.78. The van der Waals surface area contributed by atoms with Gasteiger partial charge in [-0.1, -0.05) is 55.3 Å². The second kappa shape index (κ2) is 19.4. The van der Waals surface area contributed by atoms with Crippen molar-refractivity contribution in [1.29, 1.82) is 0 Å². The van der Waals surface area contributed by atoms with Crippen molar-refractivity contribution in [3.63, 3.8) is 0 Å². The SMILES string of the molecule is C=C(C)CN1CCC(c2cccc(OCc3ccc(Cl)cc3F)n2)CC1.CCC1CCO1.Cc1ccc([C-]=O)cc1C.[U]. The minimum Gasteiger partial charge on any atom is -0.473 e. The van der Waals surface area contributed by atoms with Gasteiger partial charge in [-0.15, -0.1) is 11.6 Å². The maximum atomic E-state index is 13.9. The summed E-state index contributed by atoms with van der Waals surface area (Å²) < 4.78 is 24.6. The van der Waals surface area contributed by atoms with Crippen LogP contribution in [-0.2, 0) is 16.1 Å². The molecule has 2 saturated heterocycles. The fraction of sp³-hybridized carbons (Fsp3) is 0.429. The normalized spacial score (nSPS) is 16.3. The zero-order valence-electron chi connectivity index (χ0n) is 25.8. The van der Waals surface area contributed by atoms with Gasteiger partial charge in [0.2, 0.25) is 5.88 Å². The smallest absolute Gasteiger partial charge is 0.213 e. The maximum Gasteiger partial charge on any atom is 0.213 e. The van der Waals surface area contributed by atoms with Gasteiger partial charge in [0.15, 0.2) is 0 Å². The molecule has 0 bridgehead atoms. The van der Waals surface area contributed by atoms with E-state index in [2.05, 4.69) is 36.4 Å². The Morgan fingerprint density at radius 2 is 1.84 bits per heavy atom. The van der Waals surface area contributed by atoms with Crippen molar-refractivity contribution < 1.29 is 49.8 Å². The van der Waals surface area contributed by atoms with Crippen LogP contribution in [0.1, 0.15) is 73.4 Å². The van der Waals surface area contributed by atoms with Crippen LogP contribution in [0.5, 0.6) is 5.88 Å². The summed E-state index contributed by atoms with van der Waals surface area (Å²) in [7, 11) is 0. The third kappa shape index (κ3) is 12.9. The molecule has 1 unspecified atom stereocenters. The van der Waals surface area contributed by atoms with E-state index in [-0.39, 0.29) is 43.5 Å². The van der Waals surface area contributed by atoms with Gasteiger partial charge in [0, 0.05) is 72.5 Å². The molecule has 2 aromatic carbocycles. The van der Waals surface area contributed by atoms with Crippen molar-refractivity contribution in [2.45, 2.75) is 72.0 Å². The quantitative estimate of drug-likeness (QED) is 0.170. The number of hydrogen-bond donors (Lipinski definition) is 0. The molecule has 3 aromatic rings. The summed E-state index contributed by atoms with van der Waals surface area (Å²) in [6.07, 6.45) is 7.10. The summed E-state index contributed by atoms with van der Waals surface area (Å²) in [5.41, 5.74) is 5.69. The standard InChI is InChI=1S/C21H24ClFN2O.C9H9O.C5H10O.U/c1-15(2)13-25-10-8-16(9-11-25)20-4-3-5-21(24-20)26-14-17-6-7-18(22)12-19(17)23;1-7-3-4-9(6-10)5-8(7)2;1-2-5-3-4-6-5;/h3-7,12,16H,1,8-11,13-14H2,2H3;3-5H,1-2H3;5H,2-4H2,1H3;/q;-1;;. The molecule has 1 aromatic heterocycles. The maximum absolute atomic E-state index is 13.9. The predicted octanol–water partition coefficient (Wildman–Crippen LogP) is 8.16. The summed E-state index contributed by atoms with van der Waals surface area (Å²) in [4.78, 5) is 17.2. The molecule has 1 atom stereocenters. The zero-order chi connectivity index (χ0) is 30.5. The van der Waals surface area contributed by atoms with Crippen LogP contribution in [0.25, 0.3) is 0 Å². The molecule has 2 aliphatic heterocycles. The first-order valence-corrected chi connectivity index (χ1v) is 15.0. The minimum absolute atomic E-state index is 0. The molecule has 2 fully saturated rings. The second-order valence-corrected chi connectivity index (χ2v) is 11.5. The molecule has 0 saturated carbocycles. The Labute approximate surface area is 285 Å². The number of nitrogens with zero attached hydrogens (tertiary/aromatic N) is 2. The first-order valence-electron chi connectivity index (χ1n) is 14.7. The summed E-state index contributed by atoms with van der Waals surface area (Å²) in [6.45, 7) is 16.4. The Balaban J connectivity index is 0.000000310. The van der Waals surface area contributed by atoms with Gasteiger partial charge in [-0.25, -0.2) is 9.37 Å². The molecule has 43 heavy (non-hydrogen) atoms. The molecule has 230 valence electrons. The van der Waals surface area contributed by atoms with E-state index in [0.717, 1.165) is 50.3 Å². The number of aryl methyl sites for hydroxylation is 2. The average molecular weight is 832 g/mol. The van der Waals surface area contributed by atoms with Crippen LogP contribution in [0.15, 0.2) is 66.7 Å². The number of rotatable bonds is 8. The van der Waals surface area contributed by atoms with Gasteiger partial charge >= 0.3 is 0 Å². The number of hydrogen-bond acceptors (Lipinski definition) is 5. The van der Waals surface area contributed by atoms with Crippen molar-refractivity contribution in [1.82, 2.24) is 9.88 Å². The summed E-state index contributed by atoms with van der Waals surface area (Å²) in [6, 6.07) is 15.9. The van der Waals surface area contributed by atoms with Gasteiger partial charge < -0.3 is 14.3 Å². The molecular formula is C35H43ClFN2O3U-. The van der Waals surface area contributed by atoms with E-state index < -0.39 is 0 Å². The Hall–Kier alpha value is -2.01. The number of pyridine rings is 1. The minimum atomic E-state index is -0.362. The number of ether oxygens (including phenoxy) is 2. The van der Waals surface area contributed by atoms with Gasteiger partial charge in [0.1, 0.15) is 12.4 Å². The Kier molecular flexibility index (Phi) is 16.8. The van der Waals surface area contributed by atoms with Gasteiger partial charge in [-0.3, -0.25) is 4.90 Å². The van der Waals surface area contributed by atoms with E-state index in [0.29, 0.717) is 34.1 Å². The van der Waals surface area contributed by atoms with Gasteiger partial charge in [0.05, 0.1) is 12.4 Å². The largest absolute Gasteiger partial charge is 0.473 e. The summed E-state index contributed by atoms with van der Waals surface area (Å²) in [5.74, 6) is 0.604. The first kappa shape index (κ1) is 37.2. The van der Waals surface area contributed by atoms with Crippen molar-refractivity contribution in [2.75, 3.05) is 26.2 Å². The van der Waals surface area contributed by atoms with Crippen LogP contribution >= 0.6 is 11.6 Å². The van der Waals surface area contributed by atoms with Crippen molar-refractivity contribution in [3.05, 3.63) is 106 Å². The Bertz CT molecular complexity index is 1310. The van der Waals surface area contributed by atoms with Crippen molar-refractivity contribution in [3.8, 4) is 5.88 Å². The first-order chi connectivity index (χ1) is 20.2. The van der Waals surface area contributed by atoms with E-state index in [1.54, 1.807) is 18.2 Å². The fourth-order valence-electron chi connectivity index (χ4n) is 4.71. The molecule has 0 spiro atoms. The predicted molar refractivity (Wildman–Crippen MR) is 169 cm³/mol. The van der Waals surface area contributed by atoms with Crippen LogP contribution in [0, 0.1) is 50.8 Å². The monoisotopic (exact) mass is 831 g/mol. The molecule has 5 rings (SSSR count). The fourth-order valence-corrected chi connectivity index (χ4v) is 4.87. The number of carbonyl (C=O) groups excluding carboxylic acids is 1. The zero-order valence-corrected chi connectivity index (χ0v) is 30.7. The van der Waals surface area contributed by atoms with Crippen LogP contribution < -0.4 is 4.74 Å². The van der Waals surface area contributed by atoms with E-state index in [4.69, 9.17) is 21.1 Å². The van der Waals surface area contributed by atoms with Crippen LogP contribution in [0.4, 0.5) is 4.39 Å². The van der Waals surface area contributed by atoms with E-state index in [9.17, 15) is 9.18 Å². The van der Waals surface area contributed by atoms with Gasteiger partial charge in [-0.05, 0) is 70.8 Å². The second-order valence-electron chi connectivity index (χ2n) is 11.0. The molecule has 0 radical (unpaired) electrons. The van der Waals surface area contributed by atoms with Gasteiger partial charge in [-0.2, -0.15) is 17.7 Å². The van der Waals surface area contributed by atoms with E-state index in [1.165, 1.54) is 30.0 Å². The molecule has 0 aliphatic carbocycles. The Morgan fingerprint density at radius 3 is 2.37 bits per heavy atom. The molecule has 0 N–H and O–H groups in total. The number of likely N-dealkylation sites (tertiary alicyclic amines) is 1. The topological polar surface area (TPSA) is 51.7 Å². The molecular weight excluding hydrogens is 789 g/mol. The van der Waals surface area contributed by atoms with Gasteiger partial charge in [0.25, 0.3) is 0 Å². The molecule has 5 nitrogen and oxygen atoms in total. The number of piperidine rings is 1. The average Bonchev–Trinajstić information content (AvgIpc) is 2.94. The molecule has 2 aliphatic rings. The van der Waals surface area contributed by atoms with Crippen LogP contribution in [-0.4, -0.2) is 48.5 Å².